The van der Waals surface area contributed by atoms with Crippen LogP contribution in [0.4, 0.5) is 4.39 Å². The molecule has 0 saturated carbocycles. The van der Waals surface area contributed by atoms with Crippen molar-refractivity contribution >= 4 is 11.8 Å². The first-order valence-corrected chi connectivity index (χ1v) is 13.7. The fraction of sp³-hybridized carbons (Fsp3) is 0.419. The molecule has 206 valence electrons. The van der Waals surface area contributed by atoms with Gasteiger partial charge in [0.2, 0.25) is 5.91 Å². The second-order valence-electron chi connectivity index (χ2n) is 10.6. The summed E-state index contributed by atoms with van der Waals surface area (Å²) in [5, 5.41) is 2.86. The molecule has 0 spiro atoms. The van der Waals surface area contributed by atoms with Crippen LogP contribution < -0.4 is 10.1 Å². The van der Waals surface area contributed by atoms with Crippen LogP contribution in [0, 0.1) is 11.7 Å². The number of benzene rings is 2. The molecule has 5 rings (SSSR count). The highest BCUT2D eigenvalue weighted by Crippen LogP contribution is 2.38. The van der Waals surface area contributed by atoms with E-state index in [0.29, 0.717) is 31.0 Å². The third-order valence-corrected chi connectivity index (χ3v) is 7.22. The lowest BCUT2D eigenvalue weighted by atomic mass is 9.87. The van der Waals surface area contributed by atoms with E-state index in [1.807, 2.05) is 36.9 Å². The first-order chi connectivity index (χ1) is 18.9. The highest BCUT2D eigenvalue weighted by atomic mass is 19.1. The van der Waals surface area contributed by atoms with Crippen LogP contribution in [-0.4, -0.2) is 42.5 Å². The lowest BCUT2D eigenvalue weighted by molar-refractivity contribution is -0.134. The average Bonchev–Trinajstić information content (AvgIpc) is 3.62. The molecule has 7 nitrogen and oxygen atoms in total. The number of ether oxygens (including phenoxy) is 2. The SMILES string of the molecule is CC(C)CC(=O)N1CCc2ccc(OCc3ccc(C(=O)NCC4CCCO4)o3)cc2C1c1ccc(F)cc1. The number of amides is 2. The van der Waals surface area contributed by atoms with E-state index < -0.39 is 0 Å². The molecule has 2 atom stereocenters. The predicted molar refractivity (Wildman–Crippen MR) is 144 cm³/mol. The van der Waals surface area contributed by atoms with Gasteiger partial charge in [-0.05, 0) is 78.3 Å². The van der Waals surface area contributed by atoms with Crippen molar-refractivity contribution < 1.29 is 27.9 Å². The number of nitrogens with one attached hydrogen (secondary N) is 1. The number of hydrogen-bond acceptors (Lipinski definition) is 5. The van der Waals surface area contributed by atoms with Crippen molar-refractivity contribution in [3.8, 4) is 5.75 Å². The van der Waals surface area contributed by atoms with Gasteiger partial charge in [-0.3, -0.25) is 9.59 Å². The van der Waals surface area contributed by atoms with Gasteiger partial charge in [-0.2, -0.15) is 0 Å². The molecule has 0 radical (unpaired) electrons. The smallest absolute Gasteiger partial charge is 0.287 e. The molecular formula is C31H35FN2O5. The topological polar surface area (TPSA) is 81.0 Å². The van der Waals surface area contributed by atoms with Crippen molar-refractivity contribution in [2.24, 2.45) is 5.92 Å². The molecule has 2 amide bonds. The molecule has 2 aliphatic rings. The number of carbonyl (C=O) groups excluding carboxylic acids is 2. The zero-order chi connectivity index (χ0) is 27.4. The number of fused-ring (bicyclic) bond motifs is 1. The lowest BCUT2D eigenvalue weighted by Crippen LogP contribution is -2.41. The van der Waals surface area contributed by atoms with Crippen LogP contribution in [-0.2, 0) is 22.6 Å². The minimum absolute atomic E-state index is 0.0612. The van der Waals surface area contributed by atoms with Gasteiger partial charge < -0.3 is 24.1 Å². The fourth-order valence-corrected chi connectivity index (χ4v) is 5.25. The van der Waals surface area contributed by atoms with E-state index in [9.17, 15) is 14.0 Å². The molecule has 1 fully saturated rings. The van der Waals surface area contributed by atoms with Gasteiger partial charge in [0.05, 0.1) is 12.1 Å². The number of nitrogens with zero attached hydrogens (tertiary/aromatic N) is 1. The van der Waals surface area contributed by atoms with E-state index in [1.165, 1.54) is 12.1 Å². The van der Waals surface area contributed by atoms with Crippen LogP contribution in [0.5, 0.6) is 5.75 Å². The summed E-state index contributed by atoms with van der Waals surface area (Å²) in [4.78, 5) is 27.5. The van der Waals surface area contributed by atoms with Gasteiger partial charge in [-0.1, -0.05) is 32.0 Å². The molecule has 2 aliphatic heterocycles. The van der Waals surface area contributed by atoms with Crippen LogP contribution >= 0.6 is 0 Å². The summed E-state index contributed by atoms with van der Waals surface area (Å²) in [6.45, 7) is 6.01. The Hall–Kier alpha value is -3.65. The quantitative estimate of drug-likeness (QED) is 0.396. The summed E-state index contributed by atoms with van der Waals surface area (Å²) in [6.07, 6.45) is 3.21. The standard InChI is InChI=1S/C31H35FN2O5/c1-20(2)16-29(35)34-14-13-21-7-10-24(17-27(21)30(34)22-5-8-23(32)9-6-22)38-19-26-11-12-28(39-26)31(36)33-18-25-4-3-15-37-25/h5-12,17,20,25,30H,3-4,13-16,18-19H2,1-2H3,(H,33,36). The molecule has 2 aromatic carbocycles. The Kier molecular flexibility index (Phi) is 8.31. The normalized spacial score (nSPS) is 18.7. The molecule has 1 aromatic heterocycles. The van der Waals surface area contributed by atoms with Crippen LogP contribution in [0.15, 0.2) is 59.0 Å². The predicted octanol–water partition coefficient (Wildman–Crippen LogP) is 5.43. The number of hydrogen-bond donors (Lipinski definition) is 1. The van der Waals surface area contributed by atoms with Gasteiger partial charge in [0.25, 0.3) is 5.91 Å². The largest absolute Gasteiger partial charge is 0.486 e. The van der Waals surface area contributed by atoms with Crippen LogP contribution in [0.1, 0.15) is 72.2 Å². The van der Waals surface area contributed by atoms with Gasteiger partial charge in [-0.15, -0.1) is 0 Å². The zero-order valence-corrected chi connectivity index (χ0v) is 22.5. The van der Waals surface area contributed by atoms with Gasteiger partial charge in [0, 0.05) is 26.1 Å². The molecule has 3 heterocycles. The van der Waals surface area contributed by atoms with E-state index in [4.69, 9.17) is 13.9 Å². The van der Waals surface area contributed by atoms with Crippen LogP contribution in [0.3, 0.4) is 0 Å². The van der Waals surface area contributed by atoms with Gasteiger partial charge in [0.1, 0.15) is 23.9 Å². The number of halogens is 1. The Morgan fingerprint density at radius 1 is 1.13 bits per heavy atom. The van der Waals surface area contributed by atoms with Crippen molar-refractivity contribution in [3.05, 3.63) is 88.6 Å². The maximum atomic E-state index is 13.7. The van der Waals surface area contributed by atoms with E-state index >= 15 is 0 Å². The minimum Gasteiger partial charge on any atom is -0.486 e. The zero-order valence-electron chi connectivity index (χ0n) is 22.5. The Bertz CT molecular complexity index is 1300. The number of furan rings is 1. The summed E-state index contributed by atoms with van der Waals surface area (Å²) in [5.74, 6) is 1.10. The van der Waals surface area contributed by atoms with Crippen molar-refractivity contribution in [1.82, 2.24) is 10.2 Å². The minimum atomic E-state index is -0.327. The first kappa shape index (κ1) is 26.9. The highest BCUT2D eigenvalue weighted by molar-refractivity contribution is 5.91. The molecule has 3 aromatic rings. The molecule has 39 heavy (non-hydrogen) atoms. The summed E-state index contributed by atoms with van der Waals surface area (Å²) >= 11 is 0. The fourth-order valence-electron chi connectivity index (χ4n) is 5.25. The van der Waals surface area contributed by atoms with Crippen molar-refractivity contribution in [2.45, 2.75) is 58.3 Å². The van der Waals surface area contributed by atoms with Crippen molar-refractivity contribution in [3.63, 3.8) is 0 Å². The Morgan fingerprint density at radius 2 is 1.95 bits per heavy atom. The molecule has 1 saturated heterocycles. The van der Waals surface area contributed by atoms with E-state index in [2.05, 4.69) is 5.32 Å². The molecular weight excluding hydrogens is 499 g/mol. The van der Waals surface area contributed by atoms with Crippen molar-refractivity contribution in [1.29, 1.82) is 0 Å². The summed E-state index contributed by atoms with van der Waals surface area (Å²) in [5.41, 5.74) is 2.96. The summed E-state index contributed by atoms with van der Waals surface area (Å²) < 4.78 is 31.0. The second-order valence-corrected chi connectivity index (χ2v) is 10.6. The van der Waals surface area contributed by atoms with Gasteiger partial charge in [-0.25, -0.2) is 4.39 Å². The molecule has 1 N–H and O–H groups in total. The highest BCUT2D eigenvalue weighted by Gasteiger charge is 2.32. The number of rotatable bonds is 9. The van der Waals surface area contributed by atoms with E-state index in [0.717, 1.165) is 42.6 Å². The average molecular weight is 535 g/mol. The van der Waals surface area contributed by atoms with Gasteiger partial charge >= 0.3 is 0 Å². The number of carbonyl (C=O) groups is 2. The first-order valence-electron chi connectivity index (χ1n) is 13.7. The van der Waals surface area contributed by atoms with E-state index in [-0.39, 0.29) is 48.1 Å². The molecule has 2 unspecified atom stereocenters. The second kappa shape index (κ2) is 12.0. The maximum Gasteiger partial charge on any atom is 0.287 e. The van der Waals surface area contributed by atoms with Crippen LogP contribution in [0.25, 0.3) is 0 Å². The van der Waals surface area contributed by atoms with Crippen LogP contribution in [0.2, 0.25) is 0 Å². The van der Waals surface area contributed by atoms with Gasteiger partial charge in [0.15, 0.2) is 5.76 Å². The monoisotopic (exact) mass is 534 g/mol. The third-order valence-electron chi connectivity index (χ3n) is 7.22. The van der Waals surface area contributed by atoms with Crippen molar-refractivity contribution in [2.75, 3.05) is 19.7 Å². The maximum absolute atomic E-state index is 13.7. The Morgan fingerprint density at radius 3 is 2.69 bits per heavy atom. The lowest BCUT2D eigenvalue weighted by Gasteiger charge is -2.38. The third kappa shape index (κ3) is 6.50. The molecule has 0 bridgehead atoms. The Labute approximate surface area is 228 Å². The molecule has 0 aliphatic carbocycles. The molecule has 8 heteroatoms. The summed E-state index contributed by atoms with van der Waals surface area (Å²) in [7, 11) is 0. The van der Waals surface area contributed by atoms with E-state index in [1.54, 1.807) is 24.3 Å². The summed E-state index contributed by atoms with van der Waals surface area (Å²) in [6, 6.07) is 15.3. The Balaban J connectivity index is 1.30.